The molecule has 4 heteroatoms. The quantitative estimate of drug-likeness (QED) is 0.172. The molecule has 0 aliphatic rings. The van der Waals surface area contributed by atoms with Crippen LogP contribution in [0.1, 0.15) is 37.9 Å². The van der Waals surface area contributed by atoms with Gasteiger partial charge in [-0.2, -0.15) is 7.05 Å². The number of pyridine rings is 1. The van der Waals surface area contributed by atoms with E-state index >= 15 is 0 Å². The van der Waals surface area contributed by atoms with Crippen LogP contribution in [-0.4, -0.2) is 18.2 Å². The maximum atomic E-state index is 4.81. The minimum absolute atomic E-state index is 0. The van der Waals surface area contributed by atoms with E-state index in [9.17, 15) is 0 Å². The van der Waals surface area contributed by atoms with Crippen LogP contribution in [0.15, 0.2) is 84.0 Å². The van der Waals surface area contributed by atoms with E-state index in [4.69, 9.17) is 4.99 Å². The van der Waals surface area contributed by atoms with Crippen molar-refractivity contribution in [3.8, 4) is 11.3 Å². The van der Waals surface area contributed by atoms with E-state index in [-0.39, 0.29) is 32.5 Å². The molecule has 0 aliphatic heterocycles. The maximum absolute atomic E-state index is 4.81. The maximum Gasteiger partial charge on any atom is 2.00 e. The molecule has 0 radical (unpaired) electrons. The van der Waals surface area contributed by atoms with Gasteiger partial charge in [0.05, 0.1) is 5.69 Å². The van der Waals surface area contributed by atoms with E-state index in [0.29, 0.717) is 0 Å². The van der Waals surface area contributed by atoms with Crippen molar-refractivity contribution in [3.63, 3.8) is 0 Å². The summed E-state index contributed by atoms with van der Waals surface area (Å²) in [5.74, 6) is 0. The molecule has 4 aromatic rings. The predicted molar refractivity (Wildman–Crippen MR) is 131 cm³/mol. The van der Waals surface area contributed by atoms with Crippen molar-refractivity contribution in [2.45, 2.75) is 26.8 Å². The first-order valence-corrected chi connectivity index (χ1v) is 10.5. The Kier molecular flexibility index (Phi) is 7.77. The number of para-hydroxylation sites is 1. The van der Waals surface area contributed by atoms with Gasteiger partial charge in [0.1, 0.15) is 0 Å². The fourth-order valence-electron chi connectivity index (χ4n) is 3.91. The Labute approximate surface area is 205 Å². The Morgan fingerprint density at radius 2 is 1.66 bits per heavy atom. The van der Waals surface area contributed by atoms with Crippen LogP contribution >= 0.6 is 0 Å². The minimum atomic E-state index is 0. The standard InChI is InChI=1S/C28H27N3.Pt/c1-28(2,3)27(29-4)24-14-7-8-15-25(24)30-18-20-10-9-13-22(16-20)26-17-21-11-5-6-12-23(21)19-31-26;/h5-15,17-19,27H,1-4H3;/q-2;+2. The molecule has 0 fully saturated rings. The molecule has 0 aliphatic carbocycles. The first-order chi connectivity index (χ1) is 15.0. The van der Waals surface area contributed by atoms with E-state index < -0.39 is 0 Å². The van der Waals surface area contributed by atoms with Gasteiger partial charge in [-0.25, -0.2) is 0 Å². The van der Waals surface area contributed by atoms with Crippen LogP contribution in [0.3, 0.4) is 0 Å². The topological polar surface area (TPSA) is 39.4 Å². The molecule has 0 amide bonds. The monoisotopic (exact) mass is 600 g/mol. The molecule has 1 atom stereocenters. The molecule has 0 saturated heterocycles. The number of hydrogen-bond acceptors (Lipinski definition) is 2. The van der Waals surface area contributed by atoms with Crippen LogP contribution in [0, 0.1) is 11.5 Å². The zero-order valence-electron chi connectivity index (χ0n) is 18.8. The number of aromatic nitrogens is 1. The molecular formula is C28H27N3Pt. The third-order valence-corrected chi connectivity index (χ3v) is 5.38. The van der Waals surface area contributed by atoms with Crippen molar-refractivity contribution in [1.29, 1.82) is 0 Å². The summed E-state index contributed by atoms with van der Waals surface area (Å²) in [6, 6.07) is 28.2. The van der Waals surface area contributed by atoms with Gasteiger partial charge in [0.15, 0.2) is 0 Å². The number of benzene rings is 3. The Hall–Kier alpha value is -2.61. The second-order valence-electron chi connectivity index (χ2n) is 8.78. The Bertz CT molecular complexity index is 1220. The minimum Gasteiger partial charge on any atom is -0.658 e. The predicted octanol–water partition coefficient (Wildman–Crippen LogP) is 7.54. The first-order valence-electron chi connectivity index (χ1n) is 10.5. The zero-order valence-corrected chi connectivity index (χ0v) is 21.1. The molecule has 4 rings (SSSR count). The van der Waals surface area contributed by atoms with Crippen molar-refractivity contribution < 1.29 is 21.1 Å². The molecule has 1 unspecified atom stereocenters. The van der Waals surface area contributed by atoms with Crippen molar-refractivity contribution in [3.05, 3.63) is 102 Å². The van der Waals surface area contributed by atoms with E-state index in [1.807, 2.05) is 61.9 Å². The summed E-state index contributed by atoms with van der Waals surface area (Å²) < 4.78 is 0. The summed E-state index contributed by atoms with van der Waals surface area (Å²) in [5.41, 5.74) is 4.89. The van der Waals surface area contributed by atoms with Gasteiger partial charge in [0.25, 0.3) is 0 Å². The molecular weight excluding hydrogens is 573 g/mol. The van der Waals surface area contributed by atoms with Crippen molar-refractivity contribution >= 4 is 22.7 Å². The molecule has 0 spiro atoms. The summed E-state index contributed by atoms with van der Waals surface area (Å²) in [4.78, 5) is 9.43. The number of rotatable bonds is 5. The summed E-state index contributed by atoms with van der Waals surface area (Å²) in [7, 11) is 1.88. The summed E-state index contributed by atoms with van der Waals surface area (Å²) >= 11 is 0. The number of hydrogen-bond donors (Lipinski definition) is 0. The van der Waals surface area contributed by atoms with Crippen molar-refractivity contribution in [2.24, 2.45) is 10.4 Å². The Balaban J connectivity index is 0.00000289. The number of aliphatic imine (C=N–C) groups is 1. The van der Waals surface area contributed by atoms with Crippen LogP contribution < -0.4 is 0 Å². The van der Waals surface area contributed by atoms with Crippen LogP contribution in [0.2, 0.25) is 0 Å². The molecule has 3 aromatic carbocycles. The molecule has 3 nitrogen and oxygen atoms in total. The smallest absolute Gasteiger partial charge is 0.658 e. The van der Waals surface area contributed by atoms with E-state index in [2.05, 4.69) is 67.5 Å². The molecule has 0 saturated carbocycles. The van der Waals surface area contributed by atoms with Gasteiger partial charge in [-0.3, -0.25) is 9.98 Å². The molecule has 32 heavy (non-hydrogen) atoms. The normalized spacial score (nSPS) is 12.6. The van der Waals surface area contributed by atoms with Crippen LogP contribution in [0.5, 0.6) is 0 Å². The van der Waals surface area contributed by atoms with Crippen LogP contribution in [-0.2, 0) is 21.1 Å². The van der Waals surface area contributed by atoms with Gasteiger partial charge in [0, 0.05) is 11.9 Å². The number of fused-ring (bicyclic) bond motifs is 1. The molecule has 1 aromatic heterocycles. The third kappa shape index (κ3) is 5.41. The Morgan fingerprint density at radius 3 is 2.41 bits per heavy atom. The van der Waals surface area contributed by atoms with Gasteiger partial charge in [0.2, 0.25) is 0 Å². The second kappa shape index (κ2) is 10.3. The van der Waals surface area contributed by atoms with Gasteiger partial charge in [-0.15, -0.1) is 35.9 Å². The fourth-order valence-corrected chi connectivity index (χ4v) is 3.91. The SMILES string of the molecule is C[N-]C(c1ccccc1N=Cc1[c-]c(-c2cc3ccccc3cn2)ccc1)C(C)(C)C.[Pt+2]. The average molecular weight is 601 g/mol. The molecule has 0 N–H and O–H groups in total. The van der Waals surface area contributed by atoms with Crippen molar-refractivity contribution in [2.75, 3.05) is 7.05 Å². The van der Waals surface area contributed by atoms with Crippen molar-refractivity contribution in [1.82, 2.24) is 4.98 Å². The van der Waals surface area contributed by atoms with E-state index in [1.54, 1.807) is 0 Å². The van der Waals surface area contributed by atoms with E-state index in [0.717, 1.165) is 33.5 Å². The molecule has 1 heterocycles. The van der Waals surface area contributed by atoms with Gasteiger partial charge in [-0.1, -0.05) is 80.3 Å². The van der Waals surface area contributed by atoms with Gasteiger partial charge >= 0.3 is 21.1 Å². The molecule has 0 bridgehead atoms. The van der Waals surface area contributed by atoms with Gasteiger partial charge in [-0.05, 0) is 28.6 Å². The molecule has 164 valence electrons. The third-order valence-electron chi connectivity index (χ3n) is 5.38. The first kappa shape index (κ1) is 24.0. The van der Waals surface area contributed by atoms with Crippen LogP contribution in [0.4, 0.5) is 5.69 Å². The average Bonchev–Trinajstić information content (AvgIpc) is 2.78. The number of nitrogens with zero attached hydrogens (tertiary/aromatic N) is 3. The Morgan fingerprint density at radius 1 is 0.938 bits per heavy atom. The summed E-state index contributed by atoms with van der Waals surface area (Å²) in [6.07, 6.45) is 3.79. The zero-order chi connectivity index (χ0) is 21.8. The largest absolute Gasteiger partial charge is 2.00 e. The summed E-state index contributed by atoms with van der Waals surface area (Å²) in [6.45, 7) is 6.62. The van der Waals surface area contributed by atoms with E-state index in [1.165, 1.54) is 5.39 Å². The second-order valence-corrected chi connectivity index (χ2v) is 8.78. The fraction of sp³-hybridized carbons (Fsp3) is 0.214. The summed E-state index contributed by atoms with van der Waals surface area (Å²) in [5, 5.41) is 6.94. The van der Waals surface area contributed by atoms with Gasteiger partial charge < -0.3 is 5.32 Å². The van der Waals surface area contributed by atoms with Crippen LogP contribution in [0.25, 0.3) is 27.3 Å².